The second kappa shape index (κ2) is 15.8. The first-order chi connectivity index (χ1) is 9.31. The van der Waals surface area contributed by atoms with Crippen LogP contribution < -0.4 is 5.09 Å². The van der Waals surface area contributed by atoms with Gasteiger partial charge < -0.3 is 5.09 Å². The van der Waals surface area contributed by atoms with Crippen molar-refractivity contribution in [2.45, 2.75) is 84.0 Å². The third-order valence-corrected chi connectivity index (χ3v) is 5.06. The van der Waals surface area contributed by atoms with Crippen LogP contribution in [0.5, 0.6) is 0 Å². The lowest BCUT2D eigenvalue weighted by molar-refractivity contribution is 0.548. The van der Waals surface area contributed by atoms with Crippen LogP contribution in [0.25, 0.3) is 0 Å². The van der Waals surface area contributed by atoms with Crippen molar-refractivity contribution in [2.75, 3.05) is 12.8 Å². The lowest BCUT2D eigenvalue weighted by atomic mass is 10.1. The number of nitriles is 1. The van der Waals surface area contributed by atoms with Crippen molar-refractivity contribution >= 4 is 8.07 Å². The van der Waals surface area contributed by atoms with E-state index in [2.05, 4.69) is 18.7 Å². The van der Waals surface area contributed by atoms with Gasteiger partial charge in [0.15, 0.2) is 6.19 Å². The Kier molecular flexibility index (Phi) is 15.5. The molecule has 0 amide bonds. The fourth-order valence-electron chi connectivity index (χ4n) is 2.33. The van der Waals surface area contributed by atoms with E-state index in [4.69, 9.17) is 5.26 Å². The third kappa shape index (κ3) is 15.7. The summed E-state index contributed by atoms with van der Waals surface area (Å²) >= 11 is 0. The average molecular weight is 284 g/mol. The molecule has 2 nitrogen and oxygen atoms in total. The highest BCUT2D eigenvalue weighted by Gasteiger charge is 1.98. The molecule has 0 aliphatic heterocycles. The molecule has 0 saturated heterocycles. The minimum absolute atomic E-state index is 0.230. The predicted octanol–water partition coefficient (Wildman–Crippen LogP) is 5.78. The standard InChI is InChI=1S/C16H33N2P/c1-3-4-5-6-7-8-9-10-11-12-13-14-15-19(2)18-16-17/h18H,3-15H2,1-2H3. The van der Waals surface area contributed by atoms with Gasteiger partial charge in [-0.3, -0.25) is 0 Å². The molecule has 0 bridgehead atoms. The van der Waals surface area contributed by atoms with Gasteiger partial charge in [0.2, 0.25) is 0 Å². The molecule has 1 N–H and O–H groups in total. The van der Waals surface area contributed by atoms with E-state index in [1.165, 1.54) is 83.2 Å². The van der Waals surface area contributed by atoms with Crippen LogP contribution in [0.2, 0.25) is 0 Å². The third-order valence-electron chi connectivity index (χ3n) is 3.59. The Bertz CT molecular complexity index is 213. The van der Waals surface area contributed by atoms with E-state index >= 15 is 0 Å². The average Bonchev–Trinajstić information content (AvgIpc) is 2.40. The summed E-state index contributed by atoms with van der Waals surface area (Å²) in [6.45, 7) is 4.43. The Morgan fingerprint density at radius 1 is 0.789 bits per heavy atom. The van der Waals surface area contributed by atoms with Crippen LogP contribution in [0.3, 0.4) is 0 Å². The number of nitrogens with zero attached hydrogens (tertiary/aromatic N) is 1. The molecule has 1 unspecified atom stereocenters. The smallest absolute Gasteiger partial charge is 0.180 e. The van der Waals surface area contributed by atoms with E-state index in [1.807, 2.05) is 6.19 Å². The normalized spacial score (nSPS) is 12.1. The number of unbranched alkanes of at least 4 members (excludes halogenated alkanes) is 11. The summed E-state index contributed by atoms with van der Waals surface area (Å²) in [5.41, 5.74) is 0. The van der Waals surface area contributed by atoms with Gasteiger partial charge in [-0.15, -0.1) is 0 Å². The van der Waals surface area contributed by atoms with Crippen molar-refractivity contribution in [3.63, 3.8) is 0 Å². The predicted molar refractivity (Wildman–Crippen MR) is 87.5 cm³/mol. The van der Waals surface area contributed by atoms with Crippen molar-refractivity contribution in [3.8, 4) is 6.19 Å². The van der Waals surface area contributed by atoms with Crippen LogP contribution in [0.4, 0.5) is 0 Å². The van der Waals surface area contributed by atoms with E-state index in [9.17, 15) is 0 Å². The molecule has 1 atom stereocenters. The SMILES string of the molecule is CCCCCCCCCCCCCCP(C)NC#N. The molecular weight excluding hydrogens is 251 g/mol. The van der Waals surface area contributed by atoms with E-state index < -0.39 is 0 Å². The maximum absolute atomic E-state index is 8.48. The first kappa shape index (κ1) is 18.7. The van der Waals surface area contributed by atoms with Gasteiger partial charge in [0, 0.05) is 0 Å². The number of rotatable bonds is 14. The fraction of sp³-hybridized carbons (Fsp3) is 0.938. The number of hydrogen-bond acceptors (Lipinski definition) is 2. The van der Waals surface area contributed by atoms with Gasteiger partial charge in [-0.2, -0.15) is 5.26 Å². The van der Waals surface area contributed by atoms with Gasteiger partial charge in [-0.1, -0.05) is 77.6 Å². The van der Waals surface area contributed by atoms with Crippen LogP contribution in [0.1, 0.15) is 84.0 Å². The van der Waals surface area contributed by atoms with Crippen molar-refractivity contribution < 1.29 is 0 Å². The molecule has 0 radical (unpaired) electrons. The topological polar surface area (TPSA) is 35.8 Å². The molecule has 0 rings (SSSR count). The molecule has 0 aliphatic rings. The van der Waals surface area contributed by atoms with E-state index in [0.717, 1.165) is 0 Å². The van der Waals surface area contributed by atoms with Gasteiger partial charge in [0.05, 0.1) is 0 Å². The Morgan fingerprint density at radius 2 is 1.21 bits per heavy atom. The van der Waals surface area contributed by atoms with Crippen molar-refractivity contribution in [1.82, 2.24) is 5.09 Å². The van der Waals surface area contributed by atoms with Crippen LogP contribution in [0.15, 0.2) is 0 Å². The minimum atomic E-state index is -0.230. The molecule has 0 aromatic carbocycles. The van der Waals surface area contributed by atoms with Crippen LogP contribution in [-0.2, 0) is 0 Å². The van der Waals surface area contributed by atoms with Crippen LogP contribution >= 0.6 is 8.07 Å². The molecular formula is C16H33N2P. The van der Waals surface area contributed by atoms with E-state index in [1.54, 1.807) is 0 Å². The summed E-state index contributed by atoms with van der Waals surface area (Å²) < 4.78 is 0. The zero-order valence-corrected chi connectivity index (χ0v) is 14.0. The van der Waals surface area contributed by atoms with Crippen molar-refractivity contribution in [3.05, 3.63) is 0 Å². The molecule has 0 fully saturated rings. The molecule has 19 heavy (non-hydrogen) atoms. The summed E-state index contributed by atoms with van der Waals surface area (Å²) in [6, 6.07) is 0. The summed E-state index contributed by atoms with van der Waals surface area (Å²) in [4.78, 5) is 0. The molecule has 0 aromatic heterocycles. The van der Waals surface area contributed by atoms with E-state index in [0.29, 0.717) is 0 Å². The lowest BCUT2D eigenvalue weighted by Gasteiger charge is -2.08. The highest BCUT2D eigenvalue weighted by Crippen LogP contribution is 2.26. The number of nitrogens with one attached hydrogen (secondary N) is 1. The van der Waals surface area contributed by atoms with E-state index in [-0.39, 0.29) is 8.07 Å². The Hall–Kier alpha value is -0.280. The monoisotopic (exact) mass is 284 g/mol. The summed E-state index contributed by atoms with van der Waals surface area (Å²) in [5.74, 6) is 0. The lowest BCUT2D eigenvalue weighted by Crippen LogP contribution is -1.99. The zero-order valence-electron chi connectivity index (χ0n) is 13.1. The Balaban J connectivity index is 3.01. The van der Waals surface area contributed by atoms with Crippen molar-refractivity contribution in [2.24, 2.45) is 0 Å². The molecule has 0 heterocycles. The Labute approximate surface area is 122 Å². The number of hydrogen-bond donors (Lipinski definition) is 1. The molecule has 112 valence electrons. The molecule has 0 spiro atoms. The zero-order chi connectivity index (χ0) is 14.2. The summed E-state index contributed by atoms with van der Waals surface area (Å²) in [6.07, 6.45) is 20.0. The second-order valence-electron chi connectivity index (χ2n) is 5.53. The van der Waals surface area contributed by atoms with Gasteiger partial charge in [-0.05, 0) is 27.3 Å². The summed E-state index contributed by atoms with van der Waals surface area (Å²) in [5, 5.41) is 11.3. The minimum Gasteiger partial charge on any atom is -0.303 e. The molecule has 3 heteroatoms. The quantitative estimate of drug-likeness (QED) is 0.190. The van der Waals surface area contributed by atoms with Crippen LogP contribution in [-0.4, -0.2) is 12.8 Å². The molecule has 0 aromatic rings. The maximum Gasteiger partial charge on any atom is 0.180 e. The van der Waals surface area contributed by atoms with Gasteiger partial charge in [-0.25, -0.2) is 0 Å². The first-order valence-corrected chi connectivity index (χ1v) is 10.1. The first-order valence-electron chi connectivity index (χ1n) is 8.17. The van der Waals surface area contributed by atoms with Gasteiger partial charge >= 0.3 is 0 Å². The highest BCUT2D eigenvalue weighted by atomic mass is 31.1. The van der Waals surface area contributed by atoms with Crippen molar-refractivity contribution in [1.29, 1.82) is 5.26 Å². The highest BCUT2D eigenvalue weighted by molar-refractivity contribution is 7.54. The van der Waals surface area contributed by atoms with Crippen LogP contribution in [0, 0.1) is 11.5 Å². The molecule has 0 saturated carbocycles. The maximum atomic E-state index is 8.48. The summed E-state index contributed by atoms with van der Waals surface area (Å²) in [7, 11) is -0.230. The fourth-order valence-corrected chi connectivity index (χ4v) is 3.31. The largest absolute Gasteiger partial charge is 0.303 e. The Morgan fingerprint density at radius 3 is 1.63 bits per heavy atom. The molecule has 0 aliphatic carbocycles. The van der Waals surface area contributed by atoms with Gasteiger partial charge in [0.1, 0.15) is 0 Å². The second-order valence-corrected chi connectivity index (χ2v) is 7.60. The van der Waals surface area contributed by atoms with Gasteiger partial charge in [0.25, 0.3) is 0 Å².